The van der Waals surface area contributed by atoms with E-state index in [1.54, 1.807) is 15.8 Å². The molecule has 1 saturated heterocycles. The first-order valence-electron chi connectivity index (χ1n) is 9.06. The molecule has 1 aliphatic heterocycles. The van der Waals surface area contributed by atoms with Crippen molar-refractivity contribution in [2.75, 3.05) is 19.6 Å². The smallest absolute Gasteiger partial charge is 0.225 e. The van der Waals surface area contributed by atoms with Gasteiger partial charge in [0.2, 0.25) is 11.8 Å². The van der Waals surface area contributed by atoms with Crippen molar-refractivity contribution in [1.82, 2.24) is 29.5 Å². The van der Waals surface area contributed by atoms with Gasteiger partial charge in [-0.2, -0.15) is 5.10 Å². The van der Waals surface area contributed by atoms with Crippen molar-refractivity contribution in [3.05, 3.63) is 36.2 Å². The van der Waals surface area contributed by atoms with E-state index in [1.807, 2.05) is 36.9 Å². The SMILES string of the molecule is Cc1ccn(CCC(=O)N2CCC(C(=O)NCCn3ccnc3C)C2)n1. The molecular formula is C18H26N6O2. The average Bonchev–Trinajstić information content (AvgIpc) is 3.34. The summed E-state index contributed by atoms with van der Waals surface area (Å²) < 4.78 is 3.79. The molecule has 1 unspecified atom stereocenters. The Labute approximate surface area is 153 Å². The summed E-state index contributed by atoms with van der Waals surface area (Å²) in [5, 5.41) is 7.26. The van der Waals surface area contributed by atoms with Crippen LogP contribution >= 0.6 is 0 Å². The molecule has 1 fully saturated rings. The molecule has 0 radical (unpaired) electrons. The molecule has 8 nitrogen and oxygen atoms in total. The Hall–Kier alpha value is -2.64. The van der Waals surface area contributed by atoms with Crippen LogP contribution in [0.15, 0.2) is 24.7 Å². The Balaban J connectivity index is 1.38. The zero-order valence-electron chi connectivity index (χ0n) is 15.4. The molecule has 2 aromatic rings. The number of carbonyl (C=O) groups is 2. The third kappa shape index (κ3) is 4.50. The van der Waals surface area contributed by atoms with Crippen LogP contribution in [0.25, 0.3) is 0 Å². The number of hydrogen-bond donors (Lipinski definition) is 1. The van der Waals surface area contributed by atoms with Crippen LogP contribution in [0.1, 0.15) is 24.4 Å². The number of amides is 2. The first-order valence-corrected chi connectivity index (χ1v) is 9.06. The summed E-state index contributed by atoms with van der Waals surface area (Å²) in [6.07, 6.45) is 6.67. The Kier molecular flexibility index (Phi) is 5.70. The Morgan fingerprint density at radius 1 is 1.27 bits per heavy atom. The second-order valence-electron chi connectivity index (χ2n) is 6.75. The maximum absolute atomic E-state index is 12.3. The van der Waals surface area contributed by atoms with Crippen LogP contribution in [0.2, 0.25) is 0 Å². The van der Waals surface area contributed by atoms with Gasteiger partial charge in [0.1, 0.15) is 5.82 Å². The lowest BCUT2D eigenvalue weighted by Gasteiger charge is -2.16. The van der Waals surface area contributed by atoms with E-state index in [4.69, 9.17) is 0 Å². The average molecular weight is 358 g/mol. The number of carbonyl (C=O) groups excluding carboxylic acids is 2. The molecule has 0 aromatic carbocycles. The number of imidazole rings is 1. The molecule has 3 heterocycles. The van der Waals surface area contributed by atoms with Gasteiger partial charge in [-0.05, 0) is 26.3 Å². The molecule has 0 bridgehead atoms. The summed E-state index contributed by atoms with van der Waals surface area (Å²) in [6, 6.07) is 1.92. The second-order valence-corrected chi connectivity index (χ2v) is 6.75. The van der Waals surface area contributed by atoms with Gasteiger partial charge in [-0.1, -0.05) is 0 Å². The maximum Gasteiger partial charge on any atom is 0.225 e. The molecular weight excluding hydrogens is 332 g/mol. The van der Waals surface area contributed by atoms with Crippen LogP contribution in [-0.4, -0.2) is 55.7 Å². The van der Waals surface area contributed by atoms with E-state index in [0.717, 1.165) is 17.9 Å². The normalized spacial score (nSPS) is 16.8. The number of hydrogen-bond acceptors (Lipinski definition) is 4. The van der Waals surface area contributed by atoms with Gasteiger partial charge < -0.3 is 14.8 Å². The third-order valence-electron chi connectivity index (χ3n) is 4.82. The quantitative estimate of drug-likeness (QED) is 0.792. The van der Waals surface area contributed by atoms with Gasteiger partial charge in [0, 0.05) is 57.7 Å². The minimum Gasteiger partial charge on any atom is -0.354 e. The first kappa shape index (κ1) is 18.2. The van der Waals surface area contributed by atoms with Crippen LogP contribution in [0.3, 0.4) is 0 Å². The van der Waals surface area contributed by atoms with E-state index in [9.17, 15) is 9.59 Å². The van der Waals surface area contributed by atoms with Crippen LogP contribution in [0.5, 0.6) is 0 Å². The lowest BCUT2D eigenvalue weighted by atomic mass is 10.1. The van der Waals surface area contributed by atoms with Crippen molar-refractivity contribution in [2.24, 2.45) is 5.92 Å². The number of nitrogens with zero attached hydrogens (tertiary/aromatic N) is 5. The number of aromatic nitrogens is 4. The van der Waals surface area contributed by atoms with E-state index in [0.29, 0.717) is 39.1 Å². The van der Waals surface area contributed by atoms with E-state index in [1.165, 1.54) is 0 Å². The van der Waals surface area contributed by atoms with Gasteiger partial charge in [0.15, 0.2) is 0 Å². The van der Waals surface area contributed by atoms with Crippen molar-refractivity contribution in [1.29, 1.82) is 0 Å². The van der Waals surface area contributed by atoms with Crippen LogP contribution < -0.4 is 5.32 Å². The van der Waals surface area contributed by atoms with E-state index >= 15 is 0 Å². The Morgan fingerprint density at radius 2 is 2.12 bits per heavy atom. The standard InChI is InChI=1S/C18H26N6O2/c1-14-3-9-24(21-14)10-5-17(25)23-8-4-16(13-23)18(26)20-7-12-22-11-6-19-15(22)2/h3,6,9,11,16H,4-5,7-8,10,12-13H2,1-2H3,(H,20,26). The fourth-order valence-corrected chi connectivity index (χ4v) is 3.24. The topological polar surface area (TPSA) is 85.0 Å². The Morgan fingerprint density at radius 3 is 2.81 bits per heavy atom. The van der Waals surface area contributed by atoms with Gasteiger partial charge in [0.25, 0.3) is 0 Å². The summed E-state index contributed by atoms with van der Waals surface area (Å²) >= 11 is 0. The predicted molar refractivity (Wildman–Crippen MR) is 96.2 cm³/mol. The first-order chi connectivity index (χ1) is 12.5. The van der Waals surface area contributed by atoms with Gasteiger partial charge in [-0.3, -0.25) is 14.3 Å². The van der Waals surface area contributed by atoms with Crippen molar-refractivity contribution in [3.8, 4) is 0 Å². The van der Waals surface area contributed by atoms with Gasteiger partial charge >= 0.3 is 0 Å². The number of likely N-dealkylation sites (tertiary alicyclic amines) is 1. The predicted octanol–water partition coefficient (Wildman–Crippen LogP) is 0.751. The van der Waals surface area contributed by atoms with Crippen molar-refractivity contribution >= 4 is 11.8 Å². The highest BCUT2D eigenvalue weighted by Gasteiger charge is 2.30. The highest BCUT2D eigenvalue weighted by molar-refractivity contribution is 5.82. The van der Waals surface area contributed by atoms with Gasteiger partial charge in [-0.15, -0.1) is 0 Å². The zero-order valence-corrected chi connectivity index (χ0v) is 15.4. The molecule has 0 saturated carbocycles. The molecule has 8 heteroatoms. The monoisotopic (exact) mass is 358 g/mol. The van der Waals surface area contributed by atoms with Crippen LogP contribution in [0.4, 0.5) is 0 Å². The molecule has 3 rings (SSSR count). The fourth-order valence-electron chi connectivity index (χ4n) is 3.24. The molecule has 0 aliphatic carbocycles. The zero-order chi connectivity index (χ0) is 18.5. The summed E-state index contributed by atoms with van der Waals surface area (Å²) in [5.41, 5.74) is 0.946. The highest BCUT2D eigenvalue weighted by atomic mass is 16.2. The molecule has 140 valence electrons. The van der Waals surface area contributed by atoms with E-state index < -0.39 is 0 Å². The number of aryl methyl sites for hydroxylation is 3. The highest BCUT2D eigenvalue weighted by Crippen LogP contribution is 2.17. The third-order valence-corrected chi connectivity index (χ3v) is 4.82. The molecule has 26 heavy (non-hydrogen) atoms. The summed E-state index contributed by atoms with van der Waals surface area (Å²) in [5.74, 6) is 0.933. The lowest BCUT2D eigenvalue weighted by molar-refractivity contribution is -0.131. The molecule has 2 amide bonds. The Bertz CT molecular complexity index is 765. The number of rotatable bonds is 7. The van der Waals surface area contributed by atoms with Gasteiger partial charge in [0.05, 0.1) is 11.6 Å². The fraction of sp³-hybridized carbons (Fsp3) is 0.556. The van der Waals surface area contributed by atoms with Gasteiger partial charge in [-0.25, -0.2) is 4.98 Å². The van der Waals surface area contributed by atoms with Crippen molar-refractivity contribution in [2.45, 2.75) is 39.8 Å². The molecule has 2 aromatic heterocycles. The minimum atomic E-state index is -0.116. The van der Waals surface area contributed by atoms with Crippen molar-refractivity contribution in [3.63, 3.8) is 0 Å². The lowest BCUT2D eigenvalue weighted by Crippen LogP contribution is -2.36. The summed E-state index contributed by atoms with van der Waals surface area (Å²) in [7, 11) is 0. The second kappa shape index (κ2) is 8.16. The summed E-state index contributed by atoms with van der Waals surface area (Å²) in [4.78, 5) is 30.6. The number of nitrogens with one attached hydrogen (secondary N) is 1. The minimum absolute atomic E-state index is 0.0285. The molecule has 0 spiro atoms. The largest absolute Gasteiger partial charge is 0.354 e. The molecule has 1 N–H and O–H groups in total. The summed E-state index contributed by atoms with van der Waals surface area (Å²) in [6.45, 7) is 6.87. The van der Waals surface area contributed by atoms with Crippen LogP contribution in [-0.2, 0) is 22.7 Å². The molecule has 1 aliphatic rings. The maximum atomic E-state index is 12.3. The van der Waals surface area contributed by atoms with E-state index in [-0.39, 0.29) is 17.7 Å². The van der Waals surface area contributed by atoms with E-state index in [2.05, 4.69) is 15.4 Å². The van der Waals surface area contributed by atoms with Crippen LogP contribution in [0, 0.1) is 19.8 Å². The van der Waals surface area contributed by atoms with Crippen molar-refractivity contribution < 1.29 is 9.59 Å². The molecule has 1 atom stereocenters.